The Morgan fingerprint density at radius 3 is 2.25 bits per heavy atom. The van der Waals surface area contributed by atoms with Crippen molar-refractivity contribution < 1.29 is 4.74 Å². The molecule has 0 aliphatic rings. The van der Waals surface area contributed by atoms with Gasteiger partial charge in [0.2, 0.25) is 0 Å². The molecule has 1 aromatic rings. The zero-order valence-electron chi connectivity index (χ0n) is 10.3. The lowest BCUT2D eigenvalue weighted by Gasteiger charge is -2.19. The molecule has 90 valence electrons. The van der Waals surface area contributed by atoms with Crippen molar-refractivity contribution in [3.63, 3.8) is 0 Å². The Hall–Kier alpha value is -0.540. The standard InChI is InChI=1S/C13H20BrNO/c1-8(2)10(4)16-11-5-6-12(9(3)15)13(14)7-11/h5-10H,15H2,1-4H3. The molecule has 0 aromatic heterocycles. The van der Waals surface area contributed by atoms with Gasteiger partial charge in [-0.3, -0.25) is 0 Å². The molecular weight excluding hydrogens is 266 g/mol. The Balaban J connectivity index is 2.81. The van der Waals surface area contributed by atoms with E-state index < -0.39 is 0 Å². The van der Waals surface area contributed by atoms with Gasteiger partial charge in [-0.1, -0.05) is 35.8 Å². The minimum Gasteiger partial charge on any atom is -0.490 e. The summed E-state index contributed by atoms with van der Waals surface area (Å²) in [4.78, 5) is 0. The average Bonchev–Trinajstić information content (AvgIpc) is 2.16. The molecule has 0 spiro atoms. The van der Waals surface area contributed by atoms with Crippen molar-refractivity contribution in [1.82, 2.24) is 0 Å². The monoisotopic (exact) mass is 285 g/mol. The van der Waals surface area contributed by atoms with Gasteiger partial charge in [0.15, 0.2) is 0 Å². The fourth-order valence-corrected chi connectivity index (χ4v) is 2.02. The fraction of sp³-hybridized carbons (Fsp3) is 0.538. The Labute approximate surface area is 106 Å². The van der Waals surface area contributed by atoms with Crippen LogP contribution in [0.4, 0.5) is 0 Å². The average molecular weight is 286 g/mol. The first-order valence-corrected chi connectivity index (χ1v) is 6.42. The molecule has 2 atom stereocenters. The highest BCUT2D eigenvalue weighted by molar-refractivity contribution is 9.10. The Morgan fingerprint density at radius 1 is 1.19 bits per heavy atom. The molecule has 0 fully saturated rings. The third-order valence-electron chi connectivity index (χ3n) is 2.72. The molecule has 0 aliphatic carbocycles. The first-order valence-electron chi connectivity index (χ1n) is 5.63. The molecule has 0 saturated carbocycles. The van der Waals surface area contributed by atoms with Crippen molar-refractivity contribution in [1.29, 1.82) is 0 Å². The van der Waals surface area contributed by atoms with Crippen LogP contribution < -0.4 is 10.5 Å². The normalized spacial score (nSPS) is 14.9. The molecule has 1 rings (SSSR count). The summed E-state index contributed by atoms with van der Waals surface area (Å²) >= 11 is 3.51. The highest BCUT2D eigenvalue weighted by Gasteiger charge is 2.11. The van der Waals surface area contributed by atoms with E-state index >= 15 is 0 Å². The molecule has 0 radical (unpaired) electrons. The van der Waals surface area contributed by atoms with E-state index in [-0.39, 0.29) is 12.1 Å². The van der Waals surface area contributed by atoms with Crippen molar-refractivity contribution in [2.75, 3.05) is 0 Å². The van der Waals surface area contributed by atoms with Crippen molar-refractivity contribution in [2.45, 2.75) is 39.8 Å². The summed E-state index contributed by atoms with van der Waals surface area (Å²) in [5.41, 5.74) is 6.94. The van der Waals surface area contributed by atoms with Gasteiger partial charge < -0.3 is 10.5 Å². The molecule has 0 heterocycles. The van der Waals surface area contributed by atoms with Gasteiger partial charge in [-0.25, -0.2) is 0 Å². The van der Waals surface area contributed by atoms with Crippen molar-refractivity contribution >= 4 is 15.9 Å². The molecule has 2 unspecified atom stereocenters. The van der Waals surface area contributed by atoms with Crippen LogP contribution >= 0.6 is 15.9 Å². The number of nitrogens with two attached hydrogens (primary N) is 1. The van der Waals surface area contributed by atoms with Crippen LogP contribution in [0, 0.1) is 5.92 Å². The SMILES string of the molecule is CC(N)c1ccc(OC(C)C(C)C)cc1Br. The van der Waals surface area contributed by atoms with E-state index in [0.29, 0.717) is 5.92 Å². The smallest absolute Gasteiger partial charge is 0.120 e. The van der Waals surface area contributed by atoms with Gasteiger partial charge in [0.1, 0.15) is 5.75 Å². The molecule has 2 nitrogen and oxygen atoms in total. The van der Waals surface area contributed by atoms with Crippen LogP contribution in [-0.2, 0) is 0 Å². The van der Waals surface area contributed by atoms with Crippen LogP contribution in [0.1, 0.15) is 39.3 Å². The summed E-state index contributed by atoms with van der Waals surface area (Å²) in [7, 11) is 0. The first-order chi connectivity index (χ1) is 7.41. The van der Waals surface area contributed by atoms with Crippen molar-refractivity contribution in [2.24, 2.45) is 11.7 Å². The minimum atomic E-state index is 0.0333. The number of halogens is 1. The summed E-state index contributed by atoms with van der Waals surface area (Å²) in [6, 6.07) is 6.00. The highest BCUT2D eigenvalue weighted by atomic mass is 79.9. The van der Waals surface area contributed by atoms with Crippen molar-refractivity contribution in [3.05, 3.63) is 28.2 Å². The number of rotatable bonds is 4. The van der Waals surface area contributed by atoms with Crippen LogP contribution in [-0.4, -0.2) is 6.10 Å². The lowest BCUT2D eigenvalue weighted by atomic mass is 10.1. The molecule has 2 N–H and O–H groups in total. The number of hydrogen-bond donors (Lipinski definition) is 1. The van der Waals surface area contributed by atoms with Gasteiger partial charge in [0, 0.05) is 10.5 Å². The van der Waals surface area contributed by atoms with E-state index in [2.05, 4.69) is 36.7 Å². The highest BCUT2D eigenvalue weighted by Crippen LogP contribution is 2.27. The number of hydrogen-bond acceptors (Lipinski definition) is 2. The first kappa shape index (κ1) is 13.5. The molecule has 3 heteroatoms. The Bertz CT molecular complexity index is 350. The van der Waals surface area contributed by atoms with E-state index in [4.69, 9.17) is 10.5 Å². The minimum absolute atomic E-state index is 0.0333. The van der Waals surface area contributed by atoms with Gasteiger partial charge >= 0.3 is 0 Å². The summed E-state index contributed by atoms with van der Waals surface area (Å²) in [5, 5.41) is 0. The van der Waals surface area contributed by atoms with Crippen LogP contribution in [0.15, 0.2) is 22.7 Å². The second kappa shape index (κ2) is 5.69. The zero-order chi connectivity index (χ0) is 12.3. The molecular formula is C13H20BrNO. The van der Waals surface area contributed by atoms with Crippen LogP contribution in [0.3, 0.4) is 0 Å². The molecule has 0 aliphatic heterocycles. The van der Waals surface area contributed by atoms with E-state index in [1.54, 1.807) is 0 Å². The maximum absolute atomic E-state index is 5.84. The quantitative estimate of drug-likeness (QED) is 0.911. The van der Waals surface area contributed by atoms with E-state index in [0.717, 1.165) is 15.8 Å². The van der Waals surface area contributed by atoms with Crippen molar-refractivity contribution in [3.8, 4) is 5.75 Å². The topological polar surface area (TPSA) is 35.2 Å². The largest absolute Gasteiger partial charge is 0.490 e. The van der Waals surface area contributed by atoms with E-state index in [1.807, 2.05) is 25.1 Å². The van der Waals surface area contributed by atoms with Gasteiger partial charge in [-0.2, -0.15) is 0 Å². The molecule has 1 aromatic carbocycles. The maximum atomic E-state index is 5.84. The third-order valence-corrected chi connectivity index (χ3v) is 3.41. The predicted molar refractivity (Wildman–Crippen MR) is 71.7 cm³/mol. The summed E-state index contributed by atoms with van der Waals surface area (Å²) < 4.78 is 6.83. The molecule has 16 heavy (non-hydrogen) atoms. The number of ether oxygens (including phenoxy) is 1. The van der Waals surface area contributed by atoms with Crippen LogP contribution in [0.25, 0.3) is 0 Å². The van der Waals surface area contributed by atoms with Gasteiger partial charge in [-0.15, -0.1) is 0 Å². The Kier molecular flexibility index (Phi) is 4.81. The lowest BCUT2D eigenvalue weighted by molar-refractivity contribution is 0.170. The Morgan fingerprint density at radius 2 is 1.81 bits per heavy atom. The van der Waals surface area contributed by atoms with E-state index in [9.17, 15) is 0 Å². The predicted octanol–water partition coefficient (Wildman–Crippen LogP) is 3.89. The van der Waals surface area contributed by atoms with E-state index in [1.165, 1.54) is 0 Å². The lowest BCUT2D eigenvalue weighted by Crippen LogP contribution is -2.18. The van der Waals surface area contributed by atoms with Gasteiger partial charge in [0.05, 0.1) is 6.10 Å². The zero-order valence-corrected chi connectivity index (χ0v) is 11.9. The molecule has 0 amide bonds. The fourth-order valence-electron chi connectivity index (χ4n) is 1.30. The second-order valence-corrected chi connectivity index (χ2v) is 5.39. The summed E-state index contributed by atoms with van der Waals surface area (Å²) in [6.45, 7) is 8.35. The molecule has 0 bridgehead atoms. The van der Waals surface area contributed by atoms with Gasteiger partial charge in [-0.05, 0) is 37.5 Å². The van der Waals surface area contributed by atoms with Crippen LogP contribution in [0.2, 0.25) is 0 Å². The molecule has 0 saturated heterocycles. The second-order valence-electron chi connectivity index (χ2n) is 4.54. The third kappa shape index (κ3) is 3.49. The van der Waals surface area contributed by atoms with Gasteiger partial charge in [0.25, 0.3) is 0 Å². The summed E-state index contributed by atoms with van der Waals surface area (Å²) in [6.07, 6.45) is 0.216. The number of benzene rings is 1. The van der Waals surface area contributed by atoms with Crippen LogP contribution in [0.5, 0.6) is 5.75 Å². The summed E-state index contributed by atoms with van der Waals surface area (Å²) in [5.74, 6) is 1.39. The maximum Gasteiger partial charge on any atom is 0.120 e.